The fourth-order valence-corrected chi connectivity index (χ4v) is 1.96. The number of carbonyl (C=O) groups is 1. The molecule has 0 aromatic heterocycles. The standard InChI is InChI=1S/C18H16FNO2/c1-13(11-15(12-21)20-2)17-5-3-4-6-18(17)22-16-9-7-14(19)8-10-16/h3-12H,1-2H3/b13-11+,20-15?. The van der Waals surface area contributed by atoms with Gasteiger partial charge in [0.1, 0.15) is 17.3 Å². The summed E-state index contributed by atoms with van der Waals surface area (Å²) in [5.74, 6) is 0.858. The van der Waals surface area contributed by atoms with E-state index in [0.29, 0.717) is 23.5 Å². The Kier molecular flexibility index (Phi) is 5.20. The molecule has 2 aromatic rings. The Morgan fingerprint density at radius 1 is 1.14 bits per heavy atom. The third-order valence-electron chi connectivity index (χ3n) is 3.10. The normalized spacial score (nSPS) is 12.1. The summed E-state index contributed by atoms with van der Waals surface area (Å²) in [5.41, 5.74) is 2.05. The average molecular weight is 297 g/mol. The number of halogens is 1. The summed E-state index contributed by atoms with van der Waals surface area (Å²) in [6, 6.07) is 13.3. The minimum absolute atomic E-state index is 0.313. The average Bonchev–Trinajstić information content (AvgIpc) is 2.55. The first kappa shape index (κ1) is 15.6. The molecule has 0 heterocycles. The van der Waals surface area contributed by atoms with E-state index in [9.17, 15) is 9.18 Å². The number of carbonyl (C=O) groups excluding carboxylic acids is 1. The maximum Gasteiger partial charge on any atom is 0.167 e. The molecule has 0 fully saturated rings. The molecule has 2 aromatic carbocycles. The molecule has 0 N–H and O–H groups in total. The van der Waals surface area contributed by atoms with Gasteiger partial charge in [0.05, 0.1) is 5.71 Å². The zero-order chi connectivity index (χ0) is 15.9. The number of aliphatic imine (C=N–C) groups is 1. The molecule has 0 radical (unpaired) electrons. The molecule has 0 amide bonds. The van der Waals surface area contributed by atoms with Crippen LogP contribution in [0.25, 0.3) is 5.57 Å². The van der Waals surface area contributed by atoms with Gasteiger partial charge in [-0.25, -0.2) is 4.39 Å². The predicted molar refractivity (Wildman–Crippen MR) is 86.0 cm³/mol. The zero-order valence-corrected chi connectivity index (χ0v) is 12.4. The quantitative estimate of drug-likeness (QED) is 0.610. The highest BCUT2D eigenvalue weighted by Crippen LogP contribution is 2.30. The van der Waals surface area contributed by atoms with Crippen LogP contribution in [-0.2, 0) is 4.79 Å². The molecule has 2 rings (SSSR count). The van der Waals surface area contributed by atoms with Crippen molar-refractivity contribution in [2.75, 3.05) is 7.05 Å². The summed E-state index contributed by atoms with van der Waals surface area (Å²) in [4.78, 5) is 14.8. The molecule has 0 saturated carbocycles. The van der Waals surface area contributed by atoms with Gasteiger partial charge in [0, 0.05) is 12.6 Å². The molecule has 0 bridgehead atoms. The highest BCUT2D eigenvalue weighted by molar-refractivity contribution is 6.35. The number of ether oxygens (including phenoxy) is 1. The van der Waals surface area contributed by atoms with Gasteiger partial charge in [-0.3, -0.25) is 9.79 Å². The van der Waals surface area contributed by atoms with E-state index < -0.39 is 0 Å². The van der Waals surface area contributed by atoms with E-state index in [4.69, 9.17) is 4.74 Å². The fourth-order valence-electron chi connectivity index (χ4n) is 1.96. The zero-order valence-electron chi connectivity index (χ0n) is 12.4. The van der Waals surface area contributed by atoms with Crippen molar-refractivity contribution < 1.29 is 13.9 Å². The lowest BCUT2D eigenvalue weighted by atomic mass is 10.0. The number of allylic oxidation sites excluding steroid dienone is 2. The Morgan fingerprint density at radius 3 is 2.45 bits per heavy atom. The smallest absolute Gasteiger partial charge is 0.167 e. The topological polar surface area (TPSA) is 38.7 Å². The highest BCUT2D eigenvalue weighted by Gasteiger charge is 2.07. The van der Waals surface area contributed by atoms with Crippen molar-refractivity contribution in [3.8, 4) is 11.5 Å². The van der Waals surface area contributed by atoms with E-state index in [-0.39, 0.29) is 5.82 Å². The molecular weight excluding hydrogens is 281 g/mol. The minimum Gasteiger partial charge on any atom is -0.457 e. The monoisotopic (exact) mass is 297 g/mol. The van der Waals surface area contributed by atoms with Crippen LogP contribution in [0.3, 0.4) is 0 Å². The van der Waals surface area contributed by atoms with Crippen LogP contribution >= 0.6 is 0 Å². The van der Waals surface area contributed by atoms with Crippen molar-refractivity contribution >= 4 is 17.6 Å². The molecule has 22 heavy (non-hydrogen) atoms. The maximum atomic E-state index is 12.9. The summed E-state index contributed by atoms with van der Waals surface area (Å²) >= 11 is 0. The summed E-state index contributed by atoms with van der Waals surface area (Å²) in [5, 5.41) is 0. The summed E-state index contributed by atoms with van der Waals surface area (Å²) in [6.45, 7) is 1.88. The van der Waals surface area contributed by atoms with Crippen LogP contribution in [0.1, 0.15) is 12.5 Å². The largest absolute Gasteiger partial charge is 0.457 e. The Morgan fingerprint density at radius 2 is 1.82 bits per heavy atom. The van der Waals surface area contributed by atoms with Crippen LogP contribution in [0.2, 0.25) is 0 Å². The lowest BCUT2D eigenvalue weighted by Crippen LogP contribution is -1.97. The molecule has 0 aliphatic heterocycles. The number of aldehydes is 1. The first-order valence-corrected chi connectivity index (χ1v) is 6.77. The minimum atomic E-state index is -0.313. The molecule has 0 spiro atoms. The molecule has 0 saturated heterocycles. The van der Waals surface area contributed by atoms with Crippen molar-refractivity contribution in [3.05, 3.63) is 66.0 Å². The lowest BCUT2D eigenvalue weighted by molar-refractivity contribution is -0.102. The van der Waals surface area contributed by atoms with Gasteiger partial charge < -0.3 is 4.74 Å². The SMILES string of the molecule is CN=C(C=O)/C=C(\C)c1ccccc1Oc1ccc(F)cc1. The van der Waals surface area contributed by atoms with E-state index in [1.54, 1.807) is 25.3 Å². The highest BCUT2D eigenvalue weighted by atomic mass is 19.1. The number of hydrogen-bond acceptors (Lipinski definition) is 3. The number of para-hydroxylation sites is 1. The van der Waals surface area contributed by atoms with E-state index in [1.807, 2.05) is 31.2 Å². The summed E-state index contributed by atoms with van der Waals surface area (Å²) in [7, 11) is 1.56. The number of rotatable bonds is 5. The summed E-state index contributed by atoms with van der Waals surface area (Å²) in [6.07, 6.45) is 2.40. The van der Waals surface area contributed by atoms with Gasteiger partial charge in [-0.15, -0.1) is 0 Å². The van der Waals surface area contributed by atoms with Gasteiger partial charge in [0.15, 0.2) is 6.29 Å². The van der Waals surface area contributed by atoms with Crippen molar-refractivity contribution in [3.63, 3.8) is 0 Å². The molecule has 4 heteroatoms. The van der Waals surface area contributed by atoms with Crippen molar-refractivity contribution in [2.24, 2.45) is 4.99 Å². The second-order valence-electron chi connectivity index (χ2n) is 4.65. The van der Waals surface area contributed by atoms with Crippen molar-refractivity contribution in [1.29, 1.82) is 0 Å². The number of hydrogen-bond donors (Lipinski definition) is 0. The molecule has 3 nitrogen and oxygen atoms in total. The van der Waals surface area contributed by atoms with Gasteiger partial charge in [-0.1, -0.05) is 18.2 Å². The molecule has 0 unspecified atom stereocenters. The van der Waals surface area contributed by atoms with Crippen LogP contribution < -0.4 is 4.74 Å². The van der Waals surface area contributed by atoms with Crippen LogP contribution in [0, 0.1) is 5.82 Å². The van der Waals surface area contributed by atoms with Gasteiger partial charge >= 0.3 is 0 Å². The van der Waals surface area contributed by atoms with Crippen LogP contribution in [0.4, 0.5) is 4.39 Å². The predicted octanol–water partition coefficient (Wildman–Crippen LogP) is 4.29. The van der Waals surface area contributed by atoms with Crippen molar-refractivity contribution in [1.82, 2.24) is 0 Å². The second-order valence-corrected chi connectivity index (χ2v) is 4.65. The fraction of sp³-hybridized carbons (Fsp3) is 0.111. The third kappa shape index (κ3) is 3.88. The Labute approximate surface area is 128 Å². The van der Waals surface area contributed by atoms with Crippen molar-refractivity contribution in [2.45, 2.75) is 6.92 Å². The molecule has 0 aliphatic rings. The lowest BCUT2D eigenvalue weighted by Gasteiger charge is -2.11. The number of benzene rings is 2. The van der Waals surface area contributed by atoms with E-state index in [2.05, 4.69) is 4.99 Å². The first-order chi connectivity index (χ1) is 10.6. The summed E-state index contributed by atoms with van der Waals surface area (Å²) < 4.78 is 18.7. The molecular formula is C18H16FNO2. The van der Waals surface area contributed by atoms with E-state index >= 15 is 0 Å². The molecule has 0 aliphatic carbocycles. The van der Waals surface area contributed by atoms with Crippen LogP contribution in [0.15, 0.2) is 59.6 Å². The molecule has 0 atom stereocenters. The van der Waals surface area contributed by atoms with E-state index in [1.165, 1.54) is 12.1 Å². The maximum absolute atomic E-state index is 12.9. The van der Waals surface area contributed by atoms with Gasteiger partial charge in [0.2, 0.25) is 0 Å². The molecule has 112 valence electrons. The van der Waals surface area contributed by atoms with Crippen LogP contribution in [-0.4, -0.2) is 19.0 Å². The number of nitrogens with zero attached hydrogens (tertiary/aromatic N) is 1. The first-order valence-electron chi connectivity index (χ1n) is 6.77. The third-order valence-corrected chi connectivity index (χ3v) is 3.10. The van der Waals surface area contributed by atoms with Crippen LogP contribution in [0.5, 0.6) is 11.5 Å². The Hall–Kier alpha value is -2.75. The Bertz CT molecular complexity index is 718. The van der Waals surface area contributed by atoms with Gasteiger partial charge in [-0.2, -0.15) is 0 Å². The van der Waals surface area contributed by atoms with Gasteiger partial charge in [-0.05, 0) is 48.9 Å². The Balaban J connectivity index is 2.34. The van der Waals surface area contributed by atoms with E-state index in [0.717, 1.165) is 11.1 Å². The second kappa shape index (κ2) is 7.31. The van der Waals surface area contributed by atoms with Gasteiger partial charge in [0.25, 0.3) is 0 Å².